The number of methoxy groups -OCH3 is 1. The van der Waals surface area contributed by atoms with E-state index in [2.05, 4.69) is 15.9 Å². The van der Waals surface area contributed by atoms with E-state index in [1.165, 1.54) is 13.2 Å². The van der Waals surface area contributed by atoms with Crippen LogP contribution in [0.1, 0.15) is 5.56 Å². The lowest BCUT2D eigenvalue weighted by molar-refractivity contribution is 0.368. The van der Waals surface area contributed by atoms with E-state index in [9.17, 15) is 8.78 Å². The Bertz CT molecular complexity index is 289. The summed E-state index contributed by atoms with van der Waals surface area (Å²) in [6.45, 7) is 0. The second-order valence-corrected chi connectivity index (χ2v) is 2.75. The third-order valence-corrected chi connectivity index (χ3v) is 2.08. The SMILES string of the molecule is COc1c(CBr)ccc(F)c1F. The zero-order valence-corrected chi connectivity index (χ0v) is 7.99. The van der Waals surface area contributed by atoms with Gasteiger partial charge in [-0.1, -0.05) is 22.0 Å². The van der Waals surface area contributed by atoms with Crippen LogP contribution in [0.15, 0.2) is 12.1 Å². The first kappa shape index (κ1) is 9.45. The Kier molecular flexibility index (Phi) is 3.03. The molecule has 0 saturated heterocycles. The standard InChI is InChI=1S/C8H7BrF2O/c1-12-8-5(4-9)2-3-6(10)7(8)11/h2-3H,4H2,1H3. The van der Waals surface area contributed by atoms with Gasteiger partial charge >= 0.3 is 0 Å². The maximum atomic E-state index is 12.9. The molecule has 0 spiro atoms. The Morgan fingerprint density at radius 3 is 2.58 bits per heavy atom. The van der Waals surface area contributed by atoms with Gasteiger partial charge in [-0.25, -0.2) is 4.39 Å². The Labute approximate surface area is 77.5 Å². The van der Waals surface area contributed by atoms with E-state index < -0.39 is 11.6 Å². The lowest BCUT2D eigenvalue weighted by Crippen LogP contribution is -1.96. The van der Waals surface area contributed by atoms with E-state index >= 15 is 0 Å². The van der Waals surface area contributed by atoms with Crippen molar-refractivity contribution in [2.75, 3.05) is 7.11 Å². The fourth-order valence-electron chi connectivity index (χ4n) is 0.898. The van der Waals surface area contributed by atoms with Gasteiger partial charge in [-0.2, -0.15) is 4.39 Å². The molecular formula is C8H7BrF2O. The molecule has 0 N–H and O–H groups in total. The van der Waals surface area contributed by atoms with Gasteiger partial charge in [0.1, 0.15) is 0 Å². The largest absolute Gasteiger partial charge is 0.493 e. The van der Waals surface area contributed by atoms with Crippen LogP contribution >= 0.6 is 15.9 Å². The van der Waals surface area contributed by atoms with E-state index in [1.807, 2.05) is 0 Å². The van der Waals surface area contributed by atoms with Gasteiger partial charge in [0.15, 0.2) is 11.6 Å². The fourth-order valence-corrected chi connectivity index (χ4v) is 1.34. The Morgan fingerprint density at radius 1 is 1.42 bits per heavy atom. The van der Waals surface area contributed by atoms with Crippen LogP contribution in [0.5, 0.6) is 5.75 Å². The number of rotatable bonds is 2. The van der Waals surface area contributed by atoms with Gasteiger partial charge in [0.2, 0.25) is 5.82 Å². The number of halogens is 3. The molecular weight excluding hydrogens is 230 g/mol. The summed E-state index contributed by atoms with van der Waals surface area (Å²) in [5.74, 6) is -1.86. The minimum Gasteiger partial charge on any atom is -0.493 e. The average molecular weight is 237 g/mol. The predicted octanol–water partition coefficient (Wildman–Crippen LogP) is 2.87. The molecule has 0 heterocycles. The molecule has 1 rings (SSSR count). The van der Waals surface area contributed by atoms with Gasteiger partial charge in [-0.15, -0.1) is 0 Å². The van der Waals surface area contributed by atoms with E-state index in [4.69, 9.17) is 4.74 Å². The van der Waals surface area contributed by atoms with E-state index in [0.29, 0.717) is 10.9 Å². The first-order valence-electron chi connectivity index (χ1n) is 3.27. The zero-order valence-electron chi connectivity index (χ0n) is 6.40. The molecule has 12 heavy (non-hydrogen) atoms. The summed E-state index contributed by atoms with van der Waals surface area (Å²) in [6.07, 6.45) is 0. The molecule has 0 aliphatic heterocycles. The second kappa shape index (κ2) is 3.85. The molecule has 0 atom stereocenters. The lowest BCUT2D eigenvalue weighted by Gasteiger charge is -2.06. The van der Waals surface area contributed by atoms with Gasteiger partial charge < -0.3 is 4.74 Å². The molecule has 1 aromatic carbocycles. The Balaban J connectivity index is 3.25. The maximum absolute atomic E-state index is 12.9. The summed E-state index contributed by atoms with van der Waals surface area (Å²) in [6, 6.07) is 2.56. The van der Waals surface area contributed by atoms with Crippen LogP contribution < -0.4 is 4.74 Å². The van der Waals surface area contributed by atoms with Crippen molar-refractivity contribution in [3.8, 4) is 5.75 Å². The first-order valence-corrected chi connectivity index (χ1v) is 4.39. The number of ether oxygens (including phenoxy) is 1. The van der Waals surface area contributed by atoms with Crippen molar-refractivity contribution in [3.63, 3.8) is 0 Å². The molecule has 0 fully saturated rings. The van der Waals surface area contributed by atoms with Crippen LogP contribution in [0.4, 0.5) is 8.78 Å². The zero-order chi connectivity index (χ0) is 9.14. The quantitative estimate of drug-likeness (QED) is 0.718. The van der Waals surface area contributed by atoms with E-state index in [1.54, 1.807) is 0 Å². The molecule has 0 radical (unpaired) electrons. The van der Waals surface area contributed by atoms with Crippen molar-refractivity contribution in [2.45, 2.75) is 5.33 Å². The minimum atomic E-state index is -0.936. The van der Waals surface area contributed by atoms with Crippen molar-refractivity contribution >= 4 is 15.9 Å². The molecule has 0 aliphatic carbocycles. The second-order valence-electron chi connectivity index (χ2n) is 2.19. The molecule has 0 bridgehead atoms. The van der Waals surface area contributed by atoms with Crippen molar-refractivity contribution < 1.29 is 13.5 Å². The Morgan fingerprint density at radius 2 is 2.08 bits per heavy atom. The normalized spacial score (nSPS) is 10.0. The summed E-state index contributed by atoms with van der Waals surface area (Å²) >= 11 is 3.14. The summed E-state index contributed by atoms with van der Waals surface area (Å²) in [5, 5.41) is 0.438. The smallest absolute Gasteiger partial charge is 0.200 e. The van der Waals surface area contributed by atoms with Crippen LogP contribution in [0.25, 0.3) is 0 Å². The Hall–Kier alpha value is -0.640. The van der Waals surface area contributed by atoms with Crippen LogP contribution in [0.3, 0.4) is 0 Å². The molecule has 0 aromatic heterocycles. The first-order chi connectivity index (χ1) is 5.70. The van der Waals surface area contributed by atoms with Crippen LogP contribution in [0, 0.1) is 11.6 Å². The summed E-state index contributed by atoms with van der Waals surface area (Å²) in [4.78, 5) is 0. The van der Waals surface area contributed by atoms with Crippen molar-refractivity contribution in [2.24, 2.45) is 0 Å². The number of benzene rings is 1. The van der Waals surface area contributed by atoms with Crippen molar-refractivity contribution in [3.05, 3.63) is 29.3 Å². The third-order valence-electron chi connectivity index (χ3n) is 1.48. The number of hydrogen-bond donors (Lipinski definition) is 0. The lowest BCUT2D eigenvalue weighted by atomic mass is 10.2. The highest BCUT2D eigenvalue weighted by Gasteiger charge is 2.12. The summed E-state index contributed by atoms with van der Waals surface area (Å²) in [5.41, 5.74) is 0.594. The summed E-state index contributed by atoms with van der Waals surface area (Å²) in [7, 11) is 1.31. The number of hydrogen-bond acceptors (Lipinski definition) is 1. The van der Waals surface area contributed by atoms with E-state index in [0.717, 1.165) is 6.07 Å². The van der Waals surface area contributed by atoms with Crippen LogP contribution in [-0.2, 0) is 5.33 Å². The molecule has 1 aromatic rings. The molecule has 0 unspecified atom stereocenters. The molecule has 4 heteroatoms. The highest BCUT2D eigenvalue weighted by atomic mass is 79.9. The average Bonchev–Trinajstić information content (AvgIpc) is 2.09. The third kappa shape index (κ3) is 1.58. The maximum Gasteiger partial charge on any atom is 0.200 e. The van der Waals surface area contributed by atoms with Gasteiger partial charge in [0.05, 0.1) is 7.11 Å². The summed E-state index contributed by atoms with van der Waals surface area (Å²) < 4.78 is 30.2. The molecule has 0 amide bonds. The highest BCUT2D eigenvalue weighted by Crippen LogP contribution is 2.26. The minimum absolute atomic E-state index is 0.0353. The van der Waals surface area contributed by atoms with Crippen molar-refractivity contribution in [1.29, 1.82) is 0 Å². The van der Waals surface area contributed by atoms with Gasteiger partial charge in [-0.3, -0.25) is 0 Å². The molecule has 66 valence electrons. The topological polar surface area (TPSA) is 9.23 Å². The molecule has 0 aliphatic rings. The van der Waals surface area contributed by atoms with Crippen molar-refractivity contribution in [1.82, 2.24) is 0 Å². The predicted molar refractivity (Wildman–Crippen MR) is 45.5 cm³/mol. The van der Waals surface area contributed by atoms with Gasteiger partial charge in [0.25, 0.3) is 0 Å². The highest BCUT2D eigenvalue weighted by molar-refractivity contribution is 9.08. The van der Waals surface area contributed by atoms with Gasteiger partial charge in [0, 0.05) is 10.9 Å². The van der Waals surface area contributed by atoms with E-state index in [-0.39, 0.29) is 5.75 Å². The van der Waals surface area contributed by atoms with Crippen LogP contribution in [-0.4, -0.2) is 7.11 Å². The fraction of sp³-hybridized carbons (Fsp3) is 0.250. The number of alkyl halides is 1. The molecule has 1 nitrogen and oxygen atoms in total. The van der Waals surface area contributed by atoms with Gasteiger partial charge in [-0.05, 0) is 6.07 Å². The van der Waals surface area contributed by atoms with Crippen LogP contribution in [0.2, 0.25) is 0 Å². The monoisotopic (exact) mass is 236 g/mol. The molecule has 0 saturated carbocycles.